The summed E-state index contributed by atoms with van der Waals surface area (Å²) < 4.78 is 6.43. The van der Waals surface area contributed by atoms with Crippen LogP contribution in [-0.2, 0) is 4.43 Å². The first-order valence-corrected chi connectivity index (χ1v) is 9.33. The zero-order chi connectivity index (χ0) is 14.0. The molecule has 0 atom stereocenters. The number of hydrogen-bond donors (Lipinski definition) is 0. The first-order chi connectivity index (χ1) is 7.43. The van der Waals surface area contributed by atoms with Crippen LogP contribution in [0, 0.1) is 5.92 Å². The fourth-order valence-corrected chi connectivity index (χ4v) is 4.45. The number of hydrogen-bond acceptors (Lipinski definition) is 1. The highest BCUT2D eigenvalue weighted by atomic mass is 28.4. The van der Waals surface area contributed by atoms with Crippen molar-refractivity contribution in [2.45, 2.75) is 65.8 Å². The molecule has 0 aliphatic rings. The average Bonchev–Trinajstić information content (AvgIpc) is 2.12. The Bertz CT molecular complexity index is 286. The molecule has 0 heterocycles. The van der Waals surface area contributed by atoms with Gasteiger partial charge < -0.3 is 4.43 Å². The van der Waals surface area contributed by atoms with Gasteiger partial charge in [-0.15, -0.1) is 0 Å². The van der Waals surface area contributed by atoms with E-state index < -0.39 is 8.32 Å². The highest BCUT2D eigenvalue weighted by Crippen LogP contribution is 2.45. The van der Waals surface area contributed by atoms with Crippen molar-refractivity contribution < 1.29 is 4.43 Å². The maximum Gasteiger partial charge on any atom is 0.193 e. The van der Waals surface area contributed by atoms with Gasteiger partial charge in [0, 0.05) is 0 Å². The maximum atomic E-state index is 6.43. The van der Waals surface area contributed by atoms with Crippen LogP contribution >= 0.6 is 0 Å². The van der Waals surface area contributed by atoms with Crippen molar-refractivity contribution in [2.75, 3.05) is 0 Å². The topological polar surface area (TPSA) is 9.23 Å². The lowest BCUT2D eigenvalue weighted by Crippen LogP contribution is -2.48. The van der Waals surface area contributed by atoms with E-state index in [9.17, 15) is 0 Å². The zero-order valence-electron chi connectivity index (χ0n) is 13.0. The summed E-state index contributed by atoms with van der Waals surface area (Å²) in [7, 11) is -1.80. The second-order valence-electron chi connectivity index (χ2n) is 6.58. The van der Waals surface area contributed by atoms with Gasteiger partial charge in [0.05, 0.1) is 6.10 Å². The van der Waals surface area contributed by atoms with Crippen molar-refractivity contribution in [2.24, 2.45) is 5.92 Å². The number of rotatable bonds is 6. The third kappa shape index (κ3) is 3.82. The van der Waals surface area contributed by atoms with Gasteiger partial charge in [-0.25, -0.2) is 0 Å². The molecular weight excluding hydrogens is 224 g/mol. The van der Waals surface area contributed by atoms with Gasteiger partial charge in [0.25, 0.3) is 0 Å². The van der Waals surface area contributed by atoms with Crippen LogP contribution in [0.25, 0.3) is 0 Å². The Morgan fingerprint density at radius 1 is 1.06 bits per heavy atom. The van der Waals surface area contributed by atoms with Crippen LogP contribution < -0.4 is 0 Å². The second kappa shape index (κ2) is 5.53. The van der Waals surface area contributed by atoms with Gasteiger partial charge in [0.15, 0.2) is 8.32 Å². The summed E-state index contributed by atoms with van der Waals surface area (Å²) in [6, 6.07) is 0. The van der Waals surface area contributed by atoms with E-state index in [1.54, 1.807) is 0 Å². The summed E-state index contributed by atoms with van der Waals surface area (Å²) in [6.45, 7) is 25.9. The van der Waals surface area contributed by atoms with Crippen molar-refractivity contribution in [3.05, 3.63) is 24.3 Å². The Morgan fingerprint density at radius 2 is 1.41 bits per heavy atom. The maximum absolute atomic E-state index is 6.43. The quantitative estimate of drug-likeness (QED) is 0.469. The van der Waals surface area contributed by atoms with Crippen molar-refractivity contribution in [3.63, 3.8) is 0 Å². The summed E-state index contributed by atoms with van der Waals surface area (Å²) in [4.78, 5) is 0. The fraction of sp³-hybridized carbons (Fsp3) is 0.733. The van der Waals surface area contributed by atoms with E-state index in [4.69, 9.17) is 4.43 Å². The molecule has 0 saturated heterocycles. The average molecular weight is 254 g/mol. The Morgan fingerprint density at radius 3 is 1.65 bits per heavy atom. The van der Waals surface area contributed by atoms with Crippen LogP contribution in [0.5, 0.6) is 0 Å². The van der Waals surface area contributed by atoms with Crippen LogP contribution in [0.3, 0.4) is 0 Å². The minimum atomic E-state index is -1.80. The molecule has 0 fully saturated rings. The lowest BCUT2D eigenvalue weighted by molar-refractivity contribution is 0.231. The Balaban J connectivity index is 5.09. The molecule has 0 rings (SSSR count). The second-order valence-corrected chi connectivity index (χ2v) is 11.1. The van der Waals surface area contributed by atoms with Crippen LogP contribution in [0.1, 0.15) is 41.5 Å². The highest BCUT2D eigenvalue weighted by molar-refractivity contribution is 6.74. The van der Waals surface area contributed by atoms with Crippen molar-refractivity contribution >= 4 is 8.32 Å². The summed E-state index contributed by atoms with van der Waals surface area (Å²) in [5, 5.41) is 0.232. The standard InChI is InChI=1S/C15H30OSi/c1-11(2)14(12(3)4)16-17(9,10)15(7,8)13(5)6/h13-14H,1,3H2,2,4-10H3. The molecule has 0 aliphatic heterocycles. The third-order valence-corrected chi connectivity index (χ3v) is 8.81. The van der Waals surface area contributed by atoms with Gasteiger partial charge in [0.1, 0.15) is 0 Å². The monoisotopic (exact) mass is 254 g/mol. The molecule has 0 unspecified atom stereocenters. The van der Waals surface area contributed by atoms with E-state index in [1.807, 2.05) is 13.8 Å². The van der Waals surface area contributed by atoms with E-state index in [0.717, 1.165) is 11.1 Å². The molecule has 0 spiro atoms. The summed E-state index contributed by atoms with van der Waals surface area (Å²) >= 11 is 0. The molecule has 0 aliphatic carbocycles. The van der Waals surface area contributed by atoms with E-state index in [2.05, 4.69) is 53.9 Å². The van der Waals surface area contributed by atoms with Crippen LogP contribution in [-0.4, -0.2) is 14.4 Å². The highest BCUT2D eigenvalue weighted by Gasteiger charge is 2.44. The van der Waals surface area contributed by atoms with Gasteiger partial charge in [-0.3, -0.25) is 0 Å². The zero-order valence-corrected chi connectivity index (χ0v) is 14.0. The lowest BCUT2D eigenvalue weighted by Gasteiger charge is -2.44. The van der Waals surface area contributed by atoms with Crippen molar-refractivity contribution in [1.29, 1.82) is 0 Å². The molecule has 0 aromatic heterocycles. The van der Waals surface area contributed by atoms with Crippen LogP contribution in [0.4, 0.5) is 0 Å². The largest absolute Gasteiger partial charge is 0.407 e. The molecule has 0 aromatic rings. The predicted octanol–water partition coefficient (Wildman–Crippen LogP) is 5.17. The Labute approximate surface area is 109 Å². The molecule has 0 radical (unpaired) electrons. The first-order valence-electron chi connectivity index (χ1n) is 6.42. The molecule has 0 aromatic carbocycles. The first kappa shape index (κ1) is 16.7. The normalized spacial score (nSPS) is 13.3. The SMILES string of the molecule is C=C(C)C(O[Si](C)(C)C(C)(C)C(C)C)C(=C)C. The van der Waals surface area contributed by atoms with Gasteiger partial charge in [-0.2, -0.15) is 0 Å². The fourth-order valence-electron chi connectivity index (χ4n) is 1.76. The van der Waals surface area contributed by atoms with Gasteiger partial charge >= 0.3 is 0 Å². The van der Waals surface area contributed by atoms with Gasteiger partial charge in [-0.05, 0) is 49.0 Å². The molecule has 2 heteroatoms. The van der Waals surface area contributed by atoms with Crippen LogP contribution in [0.15, 0.2) is 24.3 Å². The van der Waals surface area contributed by atoms with E-state index in [1.165, 1.54) is 0 Å². The van der Waals surface area contributed by atoms with E-state index >= 15 is 0 Å². The summed E-state index contributed by atoms with van der Waals surface area (Å²) in [6.07, 6.45) is 0.00897. The summed E-state index contributed by atoms with van der Waals surface area (Å²) in [5.74, 6) is 0.611. The lowest BCUT2D eigenvalue weighted by atomic mass is 9.99. The molecular formula is C15H30OSi. The van der Waals surface area contributed by atoms with Crippen molar-refractivity contribution in [3.8, 4) is 0 Å². The molecule has 0 N–H and O–H groups in total. The minimum Gasteiger partial charge on any atom is -0.407 e. The van der Waals surface area contributed by atoms with Gasteiger partial charge in [-0.1, -0.05) is 40.9 Å². The summed E-state index contributed by atoms with van der Waals surface area (Å²) in [5.41, 5.74) is 2.11. The molecule has 0 amide bonds. The smallest absolute Gasteiger partial charge is 0.193 e. The Hall–Kier alpha value is -0.343. The van der Waals surface area contributed by atoms with Gasteiger partial charge in [0.2, 0.25) is 0 Å². The molecule has 17 heavy (non-hydrogen) atoms. The molecule has 0 saturated carbocycles. The van der Waals surface area contributed by atoms with Crippen LogP contribution in [0.2, 0.25) is 18.1 Å². The predicted molar refractivity (Wildman–Crippen MR) is 80.9 cm³/mol. The molecule has 100 valence electrons. The third-order valence-electron chi connectivity index (χ3n) is 4.30. The van der Waals surface area contributed by atoms with Crippen molar-refractivity contribution in [1.82, 2.24) is 0 Å². The minimum absolute atomic E-state index is 0.00897. The molecule has 0 bridgehead atoms. The van der Waals surface area contributed by atoms with E-state index in [-0.39, 0.29) is 11.1 Å². The Kier molecular flexibility index (Phi) is 5.42. The van der Waals surface area contributed by atoms with E-state index in [0.29, 0.717) is 5.92 Å². The molecule has 1 nitrogen and oxygen atoms in total.